The minimum atomic E-state index is -3.82. The van der Waals surface area contributed by atoms with E-state index in [4.69, 9.17) is 0 Å². The summed E-state index contributed by atoms with van der Waals surface area (Å²) < 4.78 is 27.4. The molecule has 0 radical (unpaired) electrons. The van der Waals surface area contributed by atoms with Crippen molar-refractivity contribution in [2.24, 2.45) is 0 Å². The highest BCUT2D eigenvalue weighted by molar-refractivity contribution is 7.94. The van der Waals surface area contributed by atoms with Crippen molar-refractivity contribution in [3.05, 3.63) is 54.2 Å². The fourth-order valence-corrected chi connectivity index (χ4v) is 6.31. The number of sulfone groups is 1. The summed E-state index contributed by atoms with van der Waals surface area (Å²) in [4.78, 5) is 18.3. The van der Waals surface area contributed by atoms with Gasteiger partial charge < -0.3 is 15.0 Å². The molecule has 1 fully saturated rings. The molecule has 1 aliphatic heterocycles. The molecule has 0 aliphatic carbocycles. The SMILES string of the molecule is O=CC(c1ccccc1)S(=O)(=O)c1cc2c(N3CCNCC3)nccc2s1. The molecule has 8 heteroatoms. The van der Waals surface area contributed by atoms with Gasteiger partial charge in [-0.15, -0.1) is 11.3 Å². The minimum Gasteiger partial charge on any atom is -0.354 e. The smallest absolute Gasteiger partial charge is 0.201 e. The molecule has 1 unspecified atom stereocenters. The van der Waals surface area contributed by atoms with Crippen LogP contribution in [0.2, 0.25) is 0 Å². The van der Waals surface area contributed by atoms with E-state index < -0.39 is 15.1 Å². The van der Waals surface area contributed by atoms with Crippen LogP contribution in [0.5, 0.6) is 0 Å². The van der Waals surface area contributed by atoms with Gasteiger partial charge in [-0.25, -0.2) is 13.4 Å². The van der Waals surface area contributed by atoms with Crippen molar-refractivity contribution in [2.45, 2.75) is 9.46 Å². The van der Waals surface area contributed by atoms with Gasteiger partial charge in [-0.3, -0.25) is 0 Å². The van der Waals surface area contributed by atoms with Crippen molar-refractivity contribution in [1.82, 2.24) is 10.3 Å². The molecule has 0 spiro atoms. The van der Waals surface area contributed by atoms with Crippen LogP contribution in [-0.4, -0.2) is 45.9 Å². The van der Waals surface area contributed by atoms with E-state index in [2.05, 4.69) is 15.2 Å². The topological polar surface area (TPSA) is 79.4 Å². The summed E-state index contributed by atoms with van der Waals surface area (Å²) in [5.74, 6) is 0.800. The van der Waals surface area contributed by atoms with E-state index in [1.165, 1.54) is 11.3 Å². The summed E-state index contributed by atoms with van der Waals surface area (Å²) >= 11 is 1.19. The van der Waals surface area contributed by atoms with Gasteiger partial charge in [-0.1, -0.05) is 30.3 Å². The average molecular weight is 402 g/mol. The molecule has 27 heavy (non-hydrogen) atoms. The van der Waals surface area contributed by atoms with Crippen LogP contribution in [0.3, 0.4) is 0 Å². The highest BCUT2D eigenvalue weighted by atomic mass is 32.2. The number of fused-ring (bicyclic) bond motifs is 1. The number of hydrogen-bond donors (Lipinski definition) is 1. The van der Waals surface area contributed by atoms with Crippen LogP contribution in [0.4, 0.5) is 5.82 Å². The Kier molecular flexibility index (Phi) is 4.94. The zero-order valence-corrected chi connectivity index (χ0v) is 16.2. The maximum absolute atomic E-state index is 13.2. The predicted octanol–water partition coefficient (Wildman–Crippen LogP) is 2.42. The number of nitrogens with one attached hydrogen (secondary N) is 1. The van der Waals surface area contributed by atoms with Crippen molar-refractivity contribution in [2.75, 3.05) is 31.1 Å². The first-order valence-electron chi connectivity index (χ1n) is 8.69. The molecule has 140 valence electrons. The van der Waals surface area contributed by atoms with Gasteiger partial charge in [-0.05, 0) is 17.7 Å². The summed E-state index contributed by atoms with van der Waals surface area (Å²) in [6, 6.07) is 12.1. The molecular weight excluding hydrogens is 382 g/mol. The van der Waals surface area contributed by atoms with Gasteiger partial charge in [0, 0.05) is 42.5 Å². The summed E-state index contributed by atoms with van der Waals surface area (Å²) in [6.07, 6.45) is 2.21. The van der Waals surface area contributed by atoms with Crippen LogP contribution in [0, 0.1) is 0 Å². The maximum atomic E-state index is 13.2. The lowest BCUT2D eigenvalue weighted by molar-refractivity contribution is -0.107. The standard InChI is InChI=1S/C19H19N3O3S2/c23-13-17(14-4-2-1-3-5-14)27(24,25)18-12-15-16(26-18)6-7-21-19(15)22-10-8-20-9-11-22/h1-7,12-13,17,20H,8-11H2. The second-order valence-electron chi connectivity index (χ2n) is 6.36. The van der Waals surface area contributed by atoms with Crippen LogP contribution in [0.1, 0.15) is 10.8 Å². The average Bonchev–Trinajstić information content (AvgIpc) is 3.15. The summed E-state index contributed by atoms with van der Waals surface area (Å²) in [7, 11) is -3.82. The number of hydrogen-bond acceptors (Lipinski definition) is 7. The number of benzene rings is 1. The van der Waals surface area contributed by atoms with E-state index in [-0.39, 0.29) is 4.21 Å². The van der Waals surface area contributed by atoms with E-state index >= 15 is 0 Å². The molecule has 0 amide bonds. The molecule has 3 heterocycles. The quantitative estimate of drug-likeness (QED) is 0.662. The molecule has 3 aromatic rings. The van der Waals surface area contributed by atoms with Gasteiger partial charge in [0.2, 0.25) is 9.84 Å². The highest BCUT2D eigenvalue weighted by Crippen LogP contribution is 2.38. The van der Waals surface area contributed by atoms with Crippen LogP contribution < -0.4 is 10.2 Å². The molecule has 0 saturated carbocycles. The number of carbonyl (C=O) groups excluding carboxylic acids is 1. The molecule has 1 aliphatic rings. The molecule has 0 bridgehead atoms. The molecule has 1 N–H and O–H groups in total. The van der Waals surface area contributed by atoms with Crippen LogP contribution in [0.15, 0.2) is 52.9 Å². The number of rotatable bonds is 5. The fraction of sp³-hybridized carbons (Fsp3) is 0.263. The van der Waals surface area contributed by atoms with E-state index in [9.17, 15) is 13.2 Å². The number of aldehydes is 1. The van der Waals surface area contributed by atoms with Crippen LogP contribution in [-0.2, 0) is 14.6 Å². The first-order chi connectivity index (χ1) is 13.1. The van der Waals surface area contributed by atoms with Crippen molar-refractivity contribution < 1.29 is 13.2 Å². The maximum Gasteiger partial charge on any atom is 0.201 e. The Morgan fingerprint density at radius 2 is 1.89 bits per heavy atom. The Morgan fingerprint density at radius 3 is 2.59 bits per heavy atom. The zero-order valence-electron chi connectivity index (χ0n) is 14.5. The summed E-state index contributed by atoms with van der Waals surface area (Å²) in [5.41, 5.74) is 0.477. The number of thiophene rings is 1. The number of aromatic nitrogens is 1. The summed E-state index contributed by atoms with van der Waals surface area (Å²) in [6.45, 7) is 3.39. The number of pyridine rings is 1. The van der Waals surface area contributed by atoms with Gasteiger partial charge in [0.25, 0.3) is 0 Å². The van der Waals surface area contributed by atoms with Gasteiger partial charge in [0.05, 0.1) is 0 Å². The van der Waals surface area contributed by atoms with E-state index in [0.717, 1.165) is 42.1 Å². The third kappa shape index (κ3) is 3.36. The minimum absolute atomic E-state index is 0.197. The predicted molar refractivity (Wildman–Crippen MR) is 107 cm³/mol. The lowest BCUT2D eigenvalue weighted by atomic mass is 10.2. The zero-order chi connectivity index (χ0) is 18.9. The molecular formula is C19H19N3O3S2. The molecule has 1 atom stereocenters. The normalized spacial score (nSPS) is 16.4. The number of anilines is 1. The van der Waals surface area contributed by atoms with E-state index in [0.29, 0.717) is 11.8 Å². The number of carbonyl (C=O) groups is 1. The highest BCUT2D eigenvalue weighted by Gasteiger charge is 2.31. The lowest BCUT2D eigenvalue weighted by Gasteiger charge is -2.28. The molecule has 2 aromatic heterocycles. The van der Waals surface area contributed by atoms with Crippen molar-refractivity contribution in [3.8, 4) is 0 Å². The van der Waals surface area contributed by atoms with E-state index in [1.807, 2.05) is 6.07 Å². The number of piperazine rings is 1. The Labute approximate surface area is 161 Å². The van der Waals surface area contributed by atoms with Gasteiger partial charge in [-0.2, -0.15) is 0 Å². The Bertz CT molecular complexity index is 1060. The second-order valence-corrected chi connectivity index (χ2v) is 9.74. The Balaban J connectivity index is 1.78. The lowest BCUT2D eigenvalue weighted by Crippen LogP contribution is -2.43. The third-order valence-corrected chi connectivity index (χ3v) is 8.26. The first kappa shape index (κ1) is 18.1. The molecule has 1 aromatic carbocycles. The van der Waals surface area contributed by atoms with Crippen molar-refractivity contribution in [1.29, 1.82) is 0 Å². The van der Waals surface area contributed by atoms with Gasteiger partial charge in [0.15, 0.2) is 0 Å². The Hall–Kier alpha value is -2.29. The van der Waals surface area contributed by atoms with Crippen LogP contribution in [0.25, 0.3) is 10.1 Å². The monoisotopic (exact) mass is 401 g/mol. The first-order valence-corrected chi connectivity index (χ1v) is 11.1. The van der Waals surface area contributed by atoms with Gasteiger partial charge in [0.1, 0.15) is 21.6 Å². The van der Waals surface area contributed by atoms with Crippen LogP contribution >= 0.6 is 11.3 Å². The van der Waals surface area contributed by atoms with Crippen molar-refractivity contribution in [3.63, 3.8) is 0 Å². The third-order valence-electron chi connectivity index (χ3n) is 4.68. The van der Waals surface area contributed by atoms with E-state index in [1.54, 1.807) is 42.6 Å². The fourth-order valence-electron chi connectivity index (χ4n) is 3.29. The molecule has 4 rings (SSSR count). The Morgan fingerprint density at radius 1 is 1.15 bits per heavy atom. The number of nitrogens with zero attached hydrogens (tertiary/aromatic N) is 2. The largest absolute Gasteiger partial charge is 0.354 e. The molecule has 1 saturated heterocycles. The van der Waals surface area contributed by atoms with Crippen molar-refractivity contribution >= 4 is 43.4 Å². The summed E-state index contributed by atoms with van der Waals surface area (Å²) in [5, 5.41) is 2.92. The molecule has 6 nitrogen and oxygen atoms in total. The van der Waals surface area contributed by atoms with Gasteiger partial charge >= 0.3 is 0 Å². The second kappa shape index (κ2) is 7.38.